The van der Waals surface area contributed by atoms with E-state index < -0.39 is 27.8 Å². The standard InChI is InChI=1S/C8H6BrFO4S.Na/c1-14-8(11)4-2-7(15(12)13)6(10)3-5(4)9;/h2-3H,1H3,(H,12,13);/q;+1/p-1. The van der Waals surface area contributed by atoms with Gasteiger partial charge >= 0.3 is 35.5 Å². The molecule has 1 atom stereocenters. The second kappa shape index (κ2) is 6.83. The molecule has 0 aliphatic heterocycles. The Hall–Kier alpha value is 0.210. The summed E-state index contributed by atoms with van der Waals surface area (Å²) in [5.41, 5.74) is -0.0434. The van der Waals surface area contributed by atoms with Gasteiger partial charge in [0.1, 0.15) is 5.82 Å². The molecule has 0 N–H and O–H groups in total. The van der Waals surface area contributed by atoms with Crippen LogP contribution in [0.3, 0.4) is 0 Å². The fraction of sp³-hybridized carbons (Fsp3) is 0.125. The van der Waals surface area contributed by atoms with Crippen LogP contribution in [0.1, 0.15) is 10.4 Å². The predicted molar refractivity (Wildman–Crippen MR) is 52.6 cm³/mol. The van der Waals surface area contributed by atoms with Gasteiger partial charge in [-0.3, -0.25) is 4.21 Å². The van der Waals surface area contributed by atoms with Crippen LogP contribution in [0.25, 0.3) is 0 Å². The van der Waals surface area contributed by atoms with E-state index in [4.69, 9.17) is 0 Å². The van der Waals surface area contributed by atoms with Crippen LogP contribution in [-0.4, -0.2) is 21.8 Å². The minimum atomic E-state index is -2.73. The number of carbonyl (C=O) groups is 1. The molecule has 1 rings (SSSR count). The molecule has 0 aromatic heterocycles. The number of ether oxygens (including phenoxy) is 1. The molecule has 0 amide bonds. The fourth-order valence-corrected chi connectivity index (χ4v) is 1.83. The van der Waals surface area contributed by atoms with Crippen molar-refractivity contribution in [3.63, 3.8) is 0 Å². The van der Waals surface area contributed by atoms with Gasteiger partial charge in [-0.25, -0.2) is 9.18 Å². The van der Waals surface area contributed by atoms with E-state index in [1.165, 1.54) is 0 Å². The third kappa shape index (κ3) is 3.61. The van der Waals surface area contributed by atoms with Crippen molar-refractivity contribution >= 4 is 33.0 Å². The van der Waals surface area contributed by atoms with Gasteiger partial charge in [-0.1, -0.05) is 0 Å². The van der Waals surface area contributed by atoms with Crippen LogP contribution in [0, 0.1) is 5.82 Å². The summed E-state index contributed by atoms with van der Waals surface area (Å²) < 4.78 is 38.8. The zero-order chi connectivity index (χ0) is 11.6. The first-order valence-corrected chi connectivity index (χ1v) is 5.50. The zero-order valence-corrected chi connectivity index (χ0v) is 12.9. The van der Waals surface area contributed by atoms with Crippen LogP contribution >= 0.6 is 15.9 Å². The molecule has 0 aliphatic rings. The van der Waals surface area contributed by atoms with Crippen LogP contribution in [-0.2, 0) is 15.8 Å². The third-order valence-corrected chi connectivity index (χ3v) is 2.93. The summed E-state index contributed by atoms with van der Waals surface area (Å²) in [6, 6.07) is 1.81. The van der Waals surface area contributed by atoms with Crippen LogP contribution < -0.4 is 29.6 Å². The topological polar surface area (TPSA) is 66.4 Å². The molecule has 82 valence electrons. The molecule has 0 radical (unpaired) electrons. The SMILES string of the molecule is COC(=O)c1cc(S(=O)[O-])c(F)cc1Br.[Na+]. The first-order chi connectivity index (χ1) is 6.97. The minimum absolute atomic E-state index is 0. The molecular weight excluding hydrogens is 314 g/mol. The summed E-state index contributed by atoms with van der Waals surface area (Å²) >= 11 is 0.199. The van der Waals surface area contributed by atoms with Gasteiger partial charge in [0.2, 0.25) is 0 Å². The molecule has 0 aliphatic carbocycles. The molecule has 1 aromatic carbocycles. The Kier molecular flexibility index (Phi) is 6.92. The van der Waals surface area contributed by atoms with E-state index >= 15 is 0 Å². The number of hydrogen-bond acceptors (Lipinski definition) is 4. The molecule has 1 unspecified atom stereocenters. The van der Waals surface area contributed by atoms with Gasteiger partial charge in [0.25, 0.3) is 0 Å². The van der Waals surface area contributed by atoms with E-state index in [2.05, 4.69) is 20.7 Å². The summed E-state index contributed by atoms with van der Waals surface area (Å²) in [6.07, 6.45) is 0. The smallest absolute Gasteiger partial charge is 0.768 e. The number of hydrogen-bond donors (Lipinski definition) is 0. The Morgan fingerprint density at radius 1 is 1.56 bits per heavy atom. The number of rotatable bonds is 2. The van der Waals surface area contributed by atoms with Gasteiger partial charge in [-0.05, 0) is 39.1 Å². The Morgan fingerprint density at radius 2 is 2.12 bits per heavy atom. The molecule has 0 saturated carbocycles. The summed E-state index contributed by atoms with van der Waals surface area (Å²) in [5.74, 6) is -1.67. The average Bonchev–Trinajstić information content (AvgIpc) is 2.16. The monoisotopic (exact) mass is 318 g/mol. The van der Waals surface area contributed by atoms with Crippen molar-refractivity contribution in [1.29, 1.82) is 0 Å². The second-order valence-corrected chi connectivity index (χ2v) is 4.25. The summed E-state index contributed by atoms with van der Waals surface area (Å²) in [7, 11) is 1.14. The van der Waals surface area contributed by atoms with E-state index in [1.54, 1.807) is 0 Å². The second-order valence-electron chi connectivity index (χ2n) is 2.49. The molecule has 0 fully saturated rings. The average molecular weight is 319 g/mol. The van der Waals surface area contributed by atoms with Crippen molar-refractivity contribution in [1.82, 2.24) is 0 Å². The van der Waals surface area contributed by atoms with Crippen molar-refractivity contribution in [2.24, 2.45) is 0 Å². The van der Waals surface area contributed by atoms with E-state index in [1.807, 2.05) is 0 Å². The molecule has 16 heavy (non-hydrogen) atoms. The normalized spacial score (nSPS) is 11.5. The maximum Gasteiger partial charge on any atom is 1.00 e. The molecule has 0 bridgehead atoms. The Morgan fingerprint density at radius 3 is 2.56 bits per heavy atom. The van der Waals surface area contributed by atoms with Crippen molar-refractivity contribution in [2.45, 2.75) is 4.90 Å². The molecule has 0 spiro atoms. The molecular formula is C8H5BrFNaO4S. The van der Waals surface area contributed by atoms with Crippen molar-refractivity contribution in [3.8, 4) is 0 Å². The Balaban J connectivity index is 0.00000225. The van der Waals surface area contributed by atoms with E-state index in [0.29, 0.717) is 0 Å². The van der Waals surface area contributed by atoms with Crippen molar-refractivity contribution < 1.29 is 52.2 Å². The van der Waals surface area contributed by atoms with Gasteiger partial charge in [-0.2, -0.15) is 0 Å². The summed E-state index contributed by atoms with van der Waals surface area (Å²) in [4.78, 5) is 10.6. The zero-order valence-electron chi connectivity index (χ0n) is 8.45. The Labute approximate surface area is 124 Å². The van der Waals surface area contributed by atoms with Crippen LogP contribution in [0.15, 0.2) is 21.5 Å². The van der Waals surface area contributed by atoms with Gasteiger partial charge in [0, 0.05) is 4.47 Å². The first-order valence-electron chi connectivity index (χ1n) is 3.64. The summed E-state index contributed by atoms with van der Waals surface area (Å²) in [5, 5.41) is 0. The number of esters is 1. The van der Waals surface area contributed by atoms with Crippen molar-refractivity contribution in [3.05, 3.63) is 28.0 Å². The van der Waals surface area contributed by atoms with Crippen molar-refractivity contribution in [2.75, 3.05) is 7.11 Å². The van der Waals surface area contributed by atoms with Crippen LogP contribution in [0.4, 0.5) is 4.39 Å². The maximum atomic E-state index is 13.1. The number of carbonyl (C=O) groups excluding carboxylic acids is 1. The first kappa shape index (κ1) is 16.2. The van der Waals surface area contributed by atoms with E-state index in [0.717, 1.165) is 19.2 Å². The number of benzene rings is 1. The quantitative estimate of drug-likeness (QED) is 0.383. The molecule has 0 saturated heterocycles. The van der Waals surface area contributed by atoms with Gasteiger partial charge in [0.15, 0.2) is 0 Å². The number of halogens is 2. The van der Waals surface area contributed by atoms with Gasteiger partial charge in [-0.15, -0.1) is 0 Å². The van der Waals surface area contributed by atoms with Crippen LogP contribution in [0.2, 0.25) is 0 Å². The molecule has 4 nitrogen and oxygen atoms in total. The predicted octanol–water partition coefficient (Wildman–Crippen LogP) is -1.38. The third-order valence-electron chi connectivity index (χ3n) is 1.61. The fourth-order valence-electron chi connectivity index (χ4n) is 0.923. The van der Waals surface area contributed by atoms with Crippen LogP contribution in [0.5, 0.6) is 0 Å². The minimum Gasteiger partial charge on any atom is -0.768 e. The number of methoxy groups -OCH3 is 1. The van der Waals surface area contributed by atoms with E-state index in [-0.39, 0.29) is 39.6 Å². The van der Waals surface area contributed by atoms with E-state index in [9.17, 15) is 17.9 Å². The van der Waals surface area contributed by atoms with Gasteiger partial charge in [0.05, 0.1) is 17.6 Å². The van der Waals surface area contributed by atoms with Gasteiger partial charge < -0.3 is 9.29 Å². The Bertz CT molecular complexity index is 440. The maximum absolute atomic E-state index is 13.1. The summed E-state index contributed by atoms with van der Waals surface area (Å²) in [6.45, 7) is 0. The molecule has 8 heteroatoms. The largest absolute Gasteiger partial charge is 1.00 e. The molecule has 0 heterocycles. The molecule has 1 aromatic rings.